The van der Waals surface area contributed by atoms with E-state index >= 15 is 0 Å². The third-order valence-corrected chi connectivity index (χ3v) is 3.71. The molecule has 0 radical (unpaired) electrons. The first-order valence-electron chi connectivity index (χ1n) is 7.03. The van der Waals surface area contributed by atoms with Gasteiger partial charge >= 0.3 is 0 Å². The zero-order valence-electron chi connectivity index (χ0n) is 12.4. The summed E-state index contributed by atoms with van der Waals surface area (Å²) >= 11 is 0. The average molecular weight is 273 g/mol. The summed E-state index contributed by atoms with van der Waals surface area (Å²) in [5.41, 5.74) is 6.81. The lowest BCUT2D eigenvalue weighted by Crippen LogP contribution is -2.39. The summed E-state index contributed by atoms with van der Waals surface area (Å²) in [5.74, 6) is 6.66. The number of aryl methyl sites for hydroxylation is 3. The predicted molar refractivity (Wildman–Crippen MR) is 80.1 cm³/mol. The van der Waals surface area contributed by atoms with Crippen molar-refractivity contribution in [2.45, 2.75) is 46.2 Å². The molecule has 1 atom stereocenters. The third kappa shape index (κ3) is 3.43. The average Bonchev–Trinajstić information content (AvgIpc) is 2.89. The molecule has 108 valence electrons. The van der Waals surface area contributed by atoms with Gasteiger partial charge in [-0.25, -0.2) is 4.98 Å². The molecule has 0 spiro atoms. The van der Waals surface area contributed by atoms with Crippen molar-refractivity contribution in [1.82, 2.24) is 20.2 Å². The molecule has 0 aliphatic rings. The maximum Gasteiger partial charge on any atom is 0.138 e. The molecule has 1 unspecified atom stereocenters. The summed E-state index contributed by atoms with van der Waals surface area (Å²) in [7, 11) is 0. The molecule has 0 bridgehead atoms. The minimum atomic E-state index is 0.159. The number of aromatic nitrogens is 3. The molecule has 1 heterocycles. The van der Waals surface area contributed by atoms with Gasteiger partial charge in [-0.1, -0.05) is 18.2 Å². The molecule has 0 aliphatic heterocycles. The lowest BCUT2D eigenvalue weighted by Gasteiger charge is -2.16. The van der Waals surface area contributed by atoms with Crippen LogP contribution in [-0.2, 0) is 19.4 Å². The van der Waals surface area contributed by atoms with E-state index in [1.807, 2.05) is 4.68 Å². The Kier molecular flexibility index (Phi) is 4.87. The van der Waals surface area contributed by atoms with Crippen molar-refractivity contribution in [2.75, 3.05) is 0 Å². The minimum Gasteiger partial charge on any atom is -0.271 e. The van der Waals surface area contributed by atoms with E-state index in [0.717, 1.165) is 25.2 Å². The maximum atomic E-state index is 5.69. The Labute approximate surface area is 120 Å². The van der Waals surface area contributed by atoms with E-state index in [1.54, 1.807) is 6.33 Å². The molecule has 0 amide bonds. The van der Waals surface area contributed by atoms with E-state index in [0.29, 0.717) is 0 Å². The molecule has 5 nitrogen and oxygen atoms in total. The number of nitrogens with one attached hydrogen (secondary N) is 1. The van der Waals surface area contributed by atoms with Crippen LogP contribution in [0.25, 0.3) is 0 Å². The Balaban J connectivity index is 2.07. The van der Waals surface area contributed by atoms with Crippen molar-refractivity contribution in [3.05, 3.63) is 47.0 Å². The van der Waals surface area contributed by atoms with Crippen LogP contribution in [0, 0.1) is 13.8 Å². The fourth-order valence-corrected chi connectivity index (χ4v) is 2.34. The fourth-order valence-electron chi connectivity index (χ4n) is 2.34. The number of rotatable bonds is 6. The molecule has 0 aliphatic carbocycles. The Morgan fingerprint density at radius 2 is 2.05 bits per heavy atom. The van der Waals surface area contributed by atoms with E-state index < -0.39 is 0 Å². The first kappa shape index (κ1) is 14.7. The summed E-state index contributed by atoms with van der Waals surface area (Å²) in [6.45, 7) is 7.15. The minimum absolute atomic E-state index is 0.159. The lowest BCUT2D eigenvalue weighted by molar-refractivity contribution is 0.490. The molecule has 5 heteroatoms. The van der Waals surface area contributed by atoms with Crippen molar-refractivity contribution in [2.24, 2.45) is 5.84 Å². The zero-order chi connectivity index (χ0) is 14.5. The van der Waals surface area contributed by atoms with Gasteiger partial charge in [0, 0.05) is 19.0 Å². The Morgan fingerprint density at radius 1 is 1.25 bits per heavy atom. The van der Waals surface area contributed by atoms with Crippen molar-refractivity contribution in [3.63, 3.8) is 0 Å². The molecule has 1 aromatic heterocycles. The predicted octanol–water partition coefficient (Wildman–Crippen LogP) is 1.53. The maximum absolute atomic E-state index is 5.69. The van der Waals surface area contributed by atoms with Gasteiger partial charge in [0.2, 0.25) is 0 Å². The van der Waals surface area contributed by atoms with Gasteiger partial charge in [0.05, 0.1) is 0 Å². The van der Waals surface area contributed by atoms with Crippen LogP contribution in [0.1, 0.15) is 29.4 Å². The van der Waals surface area contributed by atoms with E-state index in [2.05, 4.69) is 54.5 Å². The smallest absolute Gasteiger partial charge is 0.138 e. The molecule has 2 aromatic rings. The van der Waals surface area contributed by atoms with Crippen LogP contribution in [0.4, 0.5) is 0 Å². The van der Waals surface area contributed by atoms with Crippen LogP contribution >= 0.6 is 0 Å². The molecule has 0 fully saturated rings. The van der Waals surface area contributed by atoms with Crippen molar-refractivity contribution in [1.29, 1.82) is 0 Å². The fraction of sp³-hybridized carbons (Fsp3) is 0.467. The van der Waals surface area contributed by atoms with Gasteiger partial charge in [-0.3, -0.25) is 16.0 Å². The van der Waals surface area contributed by atoms with E-state index in [9.17, 15) is 0 Å². The molecule has 2 rings (SSSR count). The molecule has 1 aromatic carbocycles. The topological polar surface area (TPSA) is 68.8 Å². The van der Waals surface area contributed by atoms with Gasteiger partial charge in [0.1, 0.15) is 12.2 Å². The van der Waals surface area contributed by atoms with Gasteiger partial charge in [0.25, 0.3) is 0 Å². The molecule has 0 saturated heterocycles. The number of nitrogens with two attached hydrogens (primary N) is 1. The quantitative estimate of drug-likeness (QED) is 0.618. The normalized spacial score (nSPS) is 12.6. The second kappa shape index (κ2) is 6.63. The van der Waals surface area contributed by atoms with Gasteiger partial charge < -0.3 is 0 Å². The second-order valence-corrected chi connectivity index (χ2v) is 5.18. The highest BCUT2D eigenvalue weighted by Crippen LogP contribution is 2.13. The second-order valence-electron chi connectivity index (χ2n) is 5.18. The largest absolute Gasteiger partial charge is 0.271 e. The summed E-state index contributed by atoms with van der Waals surface area (Å²) < 4.78 is 1.91. The monoisotopic (exact) mass is 273 g/mol. The molecule has 20 heavy (non-hydrogen) atoms. The van der Waals surface area contributed by atoms with Crippen molar-refractivity contribution < 1.29 is 0 Å². The molecule has 0 saturated carbocycles. The highest BCUT2D eigenvalue weighted by Gasteiger charge is 2.13. The highest BCUT2D eigenvalue weighted by atomic mass is 15.3. The SMILES string of the molecule is CCn1ncnc1CC(Cc1ccc(C)c(C)c1)NN. The van der Waals surface area contributed by atoms with Crippen LogP contribution in [0.3, 0.4) is 0 Å². The Hall–Kier alpha value is -1.72. The van der Waals surface area contributed by atoms with Gasteiger partial charge in [-0.2, -0.15) is 5.10 Å². The number of benzene rings is 1. The van der Waals surface area contributed by atoms with Crippen LogP contribution < -0.4 is 11.3 Å². The van der Waals surface area contributed by atoms with E-state index in [1.165, 1.54) is 16.7 Å². The lowest BCUT2D eigenvalue weighted by atomic mass is 9.99. The molecular formula is C15H23N5. The summed E-state index contributed by atoms with van der Waals surface area (Å²) in [6, 6.07) is 6.71. The van der Waals surface area contributed by atoms with Crippen molar-refractivity contribution >= 4 is 0 Å². The van der Waals surface area contributed by atoms with E-state index in [4.69, 9.17) is 5.84 Å². The number of nitrogens with zero attached hydrogens (tertiary/aromatic N) is 3. The Bertz CT molecular complexity index is 561. The Morgan fingerprint density at radius 3 is 2.70 bits per heavy atom. The van der Waals surface area contributed by atoms with E-state index in [-0.39, 0.29) is 6.04 Å². The first-order valence-corrected chi connectivity index (χ1v) is 7.03. The molecular weight excluding hydrogens is 250 g/mol. The number of hydrogen-bond acceptors (Lipinski definition) is 4. The van der Waals surface area contributed by atoms with Gasteiger partial charge in [-0.05, 0) is 43.9 Å². The van der Waals surface area contributed by atoms with Gasteiger partial charge in [0.15, 0.2) is 0 Å². The van der Waals surface area contributed by atoms with Crippen LogP contribution in [0.15, 0.2) is 24.5 Å². The summed E-state index contributed by atoms with van der Waals surface area (Å²) in [6.07, 6.45) is 3.26. The van der Waals surface area contributed by atoms with Crippen LogP contribution in [0.5, 0.6) is 0 Å². The molecule has 3 N–H and O–H groups in total. The van der Waals surface area contributed by atoms with Gasteiger partial charge in [-0.15, -0.1) is 0 Å². The van der Waals surface area contributed by atoms with Crippen LogP contribution in [0.2, 0.25) is 0 Å². The van der Waals surface area contributed by atoms with Crippen molar-refractivity contribution in [3.8, 4) is 0 Å². The zero-order valence-corrected chi connectivity index (χ0v) is 12.4. The highest BCUT2D eigenvalue weighted by molar-refractivity contribution is 5.30. The standard InChI is InChI=1S/C15H23N5/c1-4-20-15(17-10-18-20)9-14(19-16)8-13-6-5-11(2)12(3)7-13/h5-7,10,14,19H,4,8-9,16H2,1-3H3. The summed E-state index contributed by atoms with van der Waals surface area (Å²) in [5, 5.41) is 4.19. The summed E-state index contributed by atoms with van der Waals surface area (Å²) in [4.78, 5) is 4.30. The third-order valence-electron chi connectivity index (χ3n) is 3.71. The van der Waals surface area contributed by atoms with Crippen LogP contribution in [-0.4, -0.2) is 20.8 Å². The first-order chi connectivity index (χ1) is 9.63. The number of hydrazine groups is 1. The number of hydrogen-bond donors (Lipinski definition) is 2.